The maximum atomic E-state index is 12.5. The van der Waals surface area contributed by atoms with Crippen molar-refractivity contribution in [2.75, 3.05) is 27.4 Å². The molecular weight excluding hydrogens is 424 g/mol. The van der Waals surface area contributed by atoms with Crippen LogP contribution in [0.5, 0.6) is 11.5 Å². The summed E-state index contributed by atoms with van der Waals surface area (Å²) in [6, 6.07) is 9.61. The number of ether oxygens (including phenoxy) is 4. The van der Waals surface area contributed by atoms with Crippen molar-refractivity contribution in [1.82, 2.24) is 4.72 Å². The zero-order valence-electron chi connectivity index (χ0n) is 16.3. The molecule has 0 unspecified atom stereocenters. The number of methoxy groups -OCH3 is 2. The molecule has 0 bridgehead atoms. The monoisotopic (exact) mass is 445 g/mol. The van der Waals surface area contributed by atoms with Crippen LogP contribution in [0.1, 0.15) is 15.9 Å². The number of hydrogen-bond acceptors (Lipinski definition) is 7. The highest BCUT2D eigenvalue weighted by Gasteiger charge is 2.22. The van der Waals surface area contributed by atoms with Crippen LogP contribution in [-0.4, -0.2) is 48.4 Å². The van der Waals surface area contributed by atoms with Crippen molar-refractivity contribution in [3.63, 3.8) is 0 Å². The third kappa shape index (κ3) is 6.37. The van der Waals surface area contributed by atoms with Gasteiger partial charge in [-0.3, -0.25) is 0 Å². The maximum Gasteiger partial charge on any atom is 0.387 e. The molecule has 0 aliphatic rings. The fourth-order valence-electron chi connectivity index (χ4n) is 2.43. The van der Waals surface area contributed by atoms with Crippen molar-refractivity contribution >= 4 is 16.0 Å². The number of hydrogen-bond donors (Lipinski definition) is 1. The van der Waals surface area contributed by atoms with E-state index < -0.39 is 22.6 Å². The van der Waals surface area contributed by atoms with Crippen LogP contribution < -0.4 is 14.2 Å². The Morgan fingerprint density at radius 3 is 2.50 bits per heavy atom. The van der Waals surface area contributed by atoms with Gasteiger partial charge in [-0.15, -0.1) is 0 Å². The van der Waals surface area contributed by atoms with E-state index >= 15 is 0 Å². The number of esters is 1. The minimum absolute atomic E-state index is 0.0254. The molecule has 0 amide bonds. The number of benzene rings is 2. The highest BCUT2D eigenvalue weighted by molar-refractivity contribution is 7.89. The van der Waals surface area contributed by atoms with Gasteiger partial charge in [0.05, 0.1) is 19.3 Å². The lowest BCUT2D eigenvalue weighted by molar-refractivity contribution is -0.0510. The Bertz CT molecular complexity index is 967. The van der Waals surface area contributed by atoms with Crippen LogP contribution in [0.15, 0.2) is 47.4 Å². The Balaban J connectivity index is 2.19. The Kier molecular flexibility index (Phi) is 8.51. The number of carbonyl (C=O) groups excluding carboxylic acids is 1. The number of alkyl halides is 2. The van der Waals surface area contributed by atoms with E-state index in [1.807, 2.05) is 0 Å². The summed E-state index contributed by atoms with van der Waals surface area (Å²) in [5, 5.41) is 0. The quantitative estimate of drug-likeness (QED) is 0.419. The van der Waals surface area contributed by atoms with Gasteiger partial charge >= 0.3 is 12.6 Å². The van der Waals surface area contributed by atoms with Gasteiger partial charge in [0.2, 0.25) is 10.0 Å². The second-order valence-corrected chi connectivity index (χ2v) is 7.55. The Morgan fingerprint density at radius 2 is 1.83 bits per heavy atom. The van der Waals surface area contributed by atoms with E-state index in [4.69, 9.17) is 14.2 Å². The zero-order valence-corrected chi connectivity index (χ0v) is 17.1. The predicted molar refractivity (Wildman–Crippen MR) is 102 cm³/mol. The van der Waals surface area contributed by atoms with E-state index in [1.165, 1.54) is 44.6 Å². The van der Waals surface area contributed by atoms with Gasteiger partial charge in [-0.05, 0) is 24.3 Å². The number of sulfonamides is 1. The second kappa shape index (κ2) is 10.9. The number of carbonyl (C=O) groups is 1. The summed E-state index contributed by atoms with van der Waals surface area (Å²) in [7, 11) is -1.27. The third-order valence-electron chi connectivity index (χ3n) is 3.83. The molecule has 0 spiro atoms. The van der Waals surface area contributed by atoms with Crippen molar-refractivity contribution in [2.45, 2.75) is 18.1 Å². The minimum atomic E-state index is -3.98. The summed E-state index contributed by atoms with van der Waals surface area (Å²) >= 11 is 0. The molecule has 0 fully saturated rings. The number of nitrogens with one attached hydrogen (secondary N) is 1. The van der Waals surface area contributed by atoms with E-state index in [2.05, 4.69) is 9.46 Å². The molecule has 0 aliphatic carbocycles. The number of rotatable bonds is 11. The van der Waals surface area contributed by atoms with Crippen molar-refractivity contribution in [2.24, 2.45) is 0 Å². The van der Waals surface area contributed by atoms with Crippen LogP contribution in [0.25, 0.3) is 0 Å². The van der Waals surface area contributed by atoms with E-state index in [0.29, 0.717) is 0 Å². The Morgan fingerprint density at radius 1 is 1.10 bits per heavy atom. The van der Waals surface area contributed by atoms with Crippen molar-refractivity contribution < 1.29 is 40.9 Å². The van der Waals surface area contributed by atoms with Gasteiger partial charge in [-0.25, -0.2) is 17.9 Å². The molecular formula is C19H21F2NO7S. The highest BCUT2D eigenvalue weighted by Crippen LogP contribution is 2.26. The average Bonchev–Trinajstić information content (AvgIpc) is 2.72. The smallest absolute Gasteiger partial charge is 0.387 e. The Hall–Kier alpha value is -2.76. The summed E-state index contributed by atoms with van der Waals surface area (Å²) < 4.78 is 71.7. The minimum Gasteiger partial charge on any atom is -0.495 e. The molecule has 0 aliphatic heterocycles. The van der Waals surface area contributed by atoms with Gasteiger partial charge in [0.1, 0.15) is 23.0 Å². The molecule has 0 heterocycles. The largest absolute Gasteiger partial charge is 0.495 e. The van der Waals surface area contributed by atoms with Gasteiger partial charge in [0, 0.05) is 19.2 Å². The molecule has 2 aromatic carbocycles. The van der Waals surface area contributed by atoms with Gasteiger partial charge < -0.3 is 18.9 Å². The molecule has 2 aromatic rings. The van der Waals surface area contributed by atoms with Crippen LogP contribution in [0.4, 0.5) is 8.78 Å². The first kappa shape index (κ1) is 23.5. The van der Waals surface area contributed by atoms with E-state index in [0.717, 1.165) is 6.07 Å². The first-order valence-corrected chi connectivity index (χ1v) is 10.1. The normalized spacial score (nSPS) is 11.4. The van der Waals surface area contributed by atoms with Gasteiger partial charge in [0.15, 0.2) is 0 Å². The van der Waals surface area contributed by atoms with Crippen LogP contribution >= 0.6 is 0 Å². The predicted octanol–water partition coefficient (Wildman–Crippen LogP) is 2.58. The SMILES string of the molecule is COCCNS(=O)(=O)c1cc(C(=O)OCc2ccccc2OC(F)F)ccc1OC. The van der Waals surface area contributed by atoms with Crippen molar-refractivity contribution in [3.05, 3.63) is 53.6 Å². The number of para-hydroxylation sites is 1. The fourth-order valence-corrected chi connectivity index (χ4v) is 3.64. The molecule has 0 atom stereocenters. The van der Waals surface area contributed by atoms with E-state index in [1.54, 1.807) is 6.07 Å². The van der Waals surface area contributed by atoms with Gasteiger partial charge in [-0.2, -0.15) is 8.78 Å². The van der Waals surface area contributed by atoms with Crippen LogP contribution in [0.3, 0.4) is 0 Å². The molecule has 0 saturated carbocycles. The molecule has 0 saturated heterocycles. The molecule has 1 N–H and O–H groups in total. The molecule has 30 heavy (non-hydrogen) atoms. The second-order valence-electron chi connectivity index (χ2n) is 5.82. The molecule has 8 nitrogen and oxygen atoms in total. The standard InChI is InChI=1S/C19H21F2NO7S/c1-26-10-9-22-30(24,25)17-11-13(7-8-16(17)27-2)18(23)28-12-14-5-3-4-6-15(14)29-19(20)21/h3-8,11,19,22H,9-10,12H2,1-2H3. The van der Waals surface area contributed by atoms with E-state index in [9.17, 15) is 22.0 Å². The molecule has 0 aromatic heterocycles. The highest BCUT2D eigenvalue weighted by atomic mass is 32.2. The van der Waals surface area contributed by atoms with Gasteiger partial charge in [-0.1, -0.05) is 18.2 Å². The first-order chi connectivity index (χ1) is 14.3. The molecule has 2 rings (SSSR count). The average molecular weight is 445 g/mol. The summed E-state index contributed by atoms with van der Waals surface area (Å²) in [6.45, 7) is -3.19. The summed E-state index contributed by atoms with van der Waals surface area (Å²) in [5.41, 5.74) is 0.170. The summed E-state index contributed by atoms with van der Waals surface area (Å²) in [5.74, 6) is -0.939. The first-order valence-electron chi connectivity index (χ1n) is 8.65. The Labute approximate surface area is 172 Å². The molecule has 0 radical (unpaired) electrons. The molecule has 11 heteroatoms. The topological polar surface area (TPSA) is 100 Å². The third-order valence-corrected chi connectivity index (χ3v) is 5.32. The number of halogens is 2. The fraction of sp³-hybridized carbons (Fsp3) is 0.316. The van der Waals surface area contributed by atoms with E-state index in [-0.39, 0.29) is 47.3 Å². The molecule has 164 valence electrons. The lowest BCUT2D eigenvalue weighted by Crippen LogP contribution is -2.27. The lowest BCUT2D eigenvalue weighted by Gasteiger charge is -2.13. The van der Waals surface area contributed by atoms with Crippen LogP contribution in [0.2, 0.25) is 0 Å². The van der Waals surface area contributed by atoms with Crippen molar-refractivity contribution in [3.8, 4) is 11.5 Å². The lowest BCUT2D eigenvalue weighted by atomic mass is 10.2. The van der Waals surface area contributed by atoms with Crippen LogP contribution in [0, 0.1) is 0 Å². The summed E-state index contributed by atoms with van der Waals surface area (Å²) in [6.07, 6.45) is 0. The zero-order chi connectivity index (χ0) is 22.1. The maximum absolute atomic E-state index is 12.5. The van der Waals surface area contributed by atoms with Crippen molar-refractivity contribution in [1.29, 1.82) is 0 Å². The van der Waals surface area contributed by atoms with Crippen LogP contribution in [-0.2, 0) is 26.1 Å². The summed E-state index contributed by atoms with van der Waals surface area (Å²) in [4.78, 5) is 12.2. The van der Waals surface area contributed by atoms with Gasteiger partial charge in [0.25, 0.3) is 0 Å².